The van der Waals surface area contributed by atoms with Crippen LogP contribution in [-0.2, 0) is 0 Å². The molecule has 1 heterocycles. The summed E-state index contributed by atoms with van der Waals surface area (Å²) in [5.41, 5.74) is 6.07. The van der Waals surface area contributed by atoms with Gasteiger partial charge in [-0.1, -0.05) is 27.7 Å². The van der Waals surface area contributed by atoms with Crippen LogP contribution >= 0.6 is 0 Å². The van der Waals surface area contributed by atoms with Crippen LogP contribution in [0.2, 0.25) is 0 Å². The zero-order valence-corrected chi connectivity index (χ0v) is 8.33. The van der Waals surface area contributed by atoms with Crippen LogP contribution in [0.1, 0.15) is 27.7 Å². The van der Waals surface area contributed by atoms with Crippen molar-refractivity contribution in [3.05, 3.63) is 0 Å². The molecule has 0 bridgehead atoms. The molecular formula is C8H23N3. The lowest BCUT2D eigenvalue weighted by Crippen LogP contribution is -2.32. The molecule has 0 aromatic rings. The molecule has 0 unspecified atom stereocenters. The van der Waals surface area contributed by atoms with Gasteiger partial charge in [-0.05, 0) is 0 Å². The molecule has 1 rings (SSSR count). The van der Waals surface area contributed by atoms with Crippen molar-refractivity contribution in [2.24, 2.45) is 0 Å². The van der Waals surface area contributed by atoms with E-state index < -0.39 is 0 Å². The molecule has 0 aromatic carbocycles. The monoisotopic (exact) mass is 161 g/mol. The zero-order valence-electron chi connectivity index (χ0n) is 8.33. The average Bonchev–Trinajstić information content (AvgIpc) is 2.42. The van der Waals surface area contributed by atoms with E-state index in [0.717, 1.165) is 26.2 Å². The minimum atomic E-state index is 1.03. The lowest BCUT2D eigenvalue weighted by Gasteiger charge is -1.94. The molecule has 1 saturated heterocycles. The van der Waals surface area contributed by atoms with Gasteiger partial charge >= 0.3 is 0 Å². The number of hydrazine groups is 1. The fourth-order valence-electron chi connectivity index (χ4n) is 0.604. The largest absolute Gasteiger partial charge is 0.314 e. The van der Waals surface area contributed by atoms with Crippen LogP contribution in [0.5, 0.6) is 0 Å². The first-order chi connectivity index (χ1) is 5.50. The number of hydrogen-bond acceptors (Lipinski definition) is 3. The Morgan fingerprint density at radius 3 is 1.36 bits per heavy atom. The molecule has 1 aliphatic rings. The molecular weight excluding hydrogens is 138 g/mol. The lowest BCUT2D eigenvalue weighted by molar-refractivity contribution is 0.587. The predicted octanol–water partition coefficient (Wildman–Crippen LogP) is 0.736. The highest BCUT2D eigenvalue weighted by Gasteiger charge is 1.90. The van der Waals surface area contributed by atoms with Crippen molar-refractivity contribution >= 4 is 0 Å². The summed E-state index contributed by atoms with van der Waals surface area (Å²) >= 11 is 0. The van der Waals surface area contributed by atoms with E-state index in [1.165, 1.54) is 0 Å². The summed E-state index contributed by atoms with van der Waals surface area (Å²) in [4.78, 5) is 0. The van der Waals surface area contributed by atoms with Gasteiger partial charge in [0.15, 0.2) is 0 Å². The highest BCUT2D eigenvalue weighted by Crippen LogP contribution is 1.61. The zero-order chi connectivity index (χ0) is 8.95. The van der Waals surface area contributed by atoms with Crippen LogP contribution in [0.25, 0.3) is 0 Å². The minimum Gasteiger partial charge on any atom is -0.314 e. The van der Waals surface area contributed by atoms with Crippen molar-refractivity contribution in [3.8, 4) is 0 Å². The first-order valence-electron chi connectivity index (χ1n) is 4.66. The van der Waals surface area contributed by atoms with Crippen molar-refractivity contribution in [2.45, 2.75) is 27.7 Å². The molecule has 3 nitrogen and oxygen atoms in total. The van der Waals surface area contributed by atoms with Crippen molar-refractivity contribution < 1.29 is 0 Å². The van der Waals surface area contributed by atoms with Crippen LogP contribution < -0.4 is 16.2 Å². The van der Waals surface area contributed by atoms with Crippen LogP contribution in [0.4, 0.5) is 0 Å². The van der Waals surface area contributed by atoms with Gasteiger partial charge in [0.25, 0.3) is 0 Å². The molecule has 70 valence electrons. The third kappa shape index (κ3) is 13.0. The molecule has 0 spiro atoms. The second kappa shape index (κ2) is 16.5. The fourth-order valence-corrected chi connectivity index (χ4v) is 0.604. The van der Waals surface area contributed by atoms with Gasteiger partial charge in [0.1, 0.15) is 0 Å². The molecule has 0 radical (unpaired) electrons. The van der Waals surface area contributed by atoms with E-state index in [9.17, 15) is 0 Å². The normalized spacial score (nSPS) is 16.4. The van der Waals surface area contributed by atoms with E-state index in [1.54, 1.807) is 0 Å². The van der Waals surface area contributed by atoms with Crippen LogP contribution in [-0.4, -0.2) is 26.2 Å². The van der Waals surface area contributed by atoms with Crippen LogP contribution in [0, 0.1) is 0 Å². The first-order valence-corrected chi connectivity index (χ1v) is 4.66. The summed E-state index contributed by atoms with van der Waals surface area (Å²) in [6.45, 7) is 12.2. The Morgan fingerprint density at radius 2 is 1.00 bits per heavy atom. The Hall–Kier alpha value is -0.120. The fraction of sp³-hybridized carbons (Fsp3) is 1.00. The maximum Gasteiger partial charge on any atom is 0.0225 e. The maximum absolute atomic E-state index is 3.22. The molecule has 0 aromatic heterocycles. The molecule has 0 amide bonds. The van der Waals surface area contributed by atoms with Gasteiger partial charge < -0.3 is 5.32 Å². The van der Waals surface area contributed by atoms with Gasteiger partial charge in [-0.15, -0.1) is 0 Å². The smallest absolute Gasteiger partial charge is 0.0225 e. The van der Waals surface area contributed by atoms with Crippen LogP contribution in [0.15, 0.2) is 0 Å². The van der Waals surface area contributed by atoms with Gasteiger partial charge in [-0.3, -0.25) is 10.9 Å². The summed E-state index contributed by atoms with van der Waals surface area (Å²) in [7, 11) is 0. The third-order valence-electron chi connectivity index (χ3n) is 0.979. The van der Waals surface area contributed by atoms with E-state index in [4.69, 9.17) is 0 Å². The molecule has 0 aliphatic carbocycles. The first kappa shape index (κ1) is 13.5. The van der Waals surface area contributed by atoms with Gasteiger partial charge in [0.2, 0.25) is 0 Å². The Labute approximate surface area is 70.9 Å². The highest BCUT2D eigenvalue weighted by molar-refractivity contribution is 4.55. The van der Waals surface area contributed by atoms with E-state index in [-0.39, 0.29) is 0 Å². The highest BCUT2D eigenvalue weighted by atomic mass is 15.4. The average molecular weight is 161 g/mol. The lowest BCUT2D eigenvalue weighted by atomic mass is 10.6. The van der Waals surface area contributed by atoms with Gasteiger partial charge in [0.05, 0.1) is 0 Å². The molecule has 0 saturated carbocycles. The predicted molar refractivity (Wildman–Crippen MR) is 51.6 cm³/mol. The standard InChI is InChI=1S/C4H11N3.2C2H6/c1-3-6-7-4-2-5-1;2*1-2/h5-7H,1-4H2;2*1-2H3. The minimum absolute atomic E-state index is 1.03. The Morgan fingerprint density at radius 1 is 0.636 bits per heavy atom. The van der Waals surface area contributed by atoms with Crippen molar-refractivity contribution in [2.75, 3.05) is 26.2 Å². The second-order valence-corrected chi connectivity index (χ2v) is 1.60. The van der Waals surface area contributed by atoms with Crippen LogP contribution in [0.3, 0.4) is 0 Å². The SMILES string of the molecule is C1CNNCCN1.CC.CC. The van der Waals surface area contributed by atoms with E-state index in [1.807, 2.05) is 27.7 Å². The Bertz CT molecular complexity index is 29.0. The molecule has 1 fully saturated rings. The summed E-state index contributed by atoms with van der Waals surface area (Å²) < 4.78 is 0. The summed E-state index contributed by atoms with van der Waals surface area (Å²) in [6.07, 6.45) is 0. The van der Waals surface area contributed by atoms with Gasteiger partial charge in [-0.25, -0.2) is 0 Å². The molecule has 1 aliphatic heterocycles. The maximum atomic E-state index is 3.22. The number of hydrogen-bond donors (Lipinski definition) is 3. The van der Waals surface area contributed by atoms with E-state index >= 15 is 0 Å². The second-order valence-electron chi connectivity index (χ2n) is 1.60. The van der Waals surface area contributed by atoms with Gasteiger partial charge in [-0.2, -0.15) is 0 Å². The topological polar surface area (TPSA) is 36.1 Å². The number of rotatable bonds is 0. The molecule has 0 atom stereocenters. The van der Waals surface area contributed by atoms with Crippen molar-refractivity contribution in [1.29, 1.82) is 0 Å². The third-order valence-corrected chi connectivity index (χ3v) is 0.979. The molecule has 3 N–H and O–H groups in total. The van der Waals surface area contributed by atoms with E-state index in [2.05, 4.69) is 16.2 Å². The van der Waals surface area contributed by atoms with Gasteiger partial charge in [0, 0.05) is 26.2 Å². The van der Waals surface area contributed by atoms with Crippen molar-refractivity contribution in [3.63, 3.8) is 0 Å². The quantitative estimate of drug-likeness (QED) is 0.490. The van der Waals surface area contributed by atoms with Crippen molar-refractivity contribution in [1.82, 2.24) is 16.2 Å². The molecule has 11 heavy (non-hydrogen) atoms. The Balaban J connectivity index is 0. The summed E-state index contributed by atoms with van der Waals surface area (Å²) in [5.74, 6) is 0. The summed E-state index contributed by atoms with van der Waals surface area (Å²) in [5, 5.41) is 3.22. The van der Waals surface area contributed by atoms with E-state index in [0.29, 0.717) is 0 Å². The molecule has 3 heteroatoms. The summed E-state index contributed by atoms with van der Waals surface area (Å²) in [6, 6.07) is 0. The number of nitrogens with one attached hydrogen (secondary N) is 3. The Kier molecular flexibility index (Phi) is 20.2.